The summed E-state index contributed by atoms with van der Waals surface area (Å²) in [4.78, 5) is 9.67. The second-order valence-electron chi connectivity index (χ2n) is 3.11. The van der Waals surface area contributed by atoms with Gasteiger partial charge in [0.05, 0.1) is 12.0 Å². The molecule has 90 valence electrons. The molecule has 0 unspecified atom stereocenters. The number of ether oxygens (including phenoxy) is 2. The van der Waals surface area contributed by atoms with Crippen molar-refractivity contribution in [2.75, 3.05) is 13.7 Å². The molecule has 1 aromatic rings. The van der Waals surface area contributed by atoms with Gasteiger partial charge in [-0.15, -0.1) is 0 Å². The zero-order valence-corrected chi connectivity index (χ0v) is 9.46. The number of rotatable bonds is 6. The molecule has 0 N–H and O–H groups in total. The Morgan fingerprint density at radius 2 is 2.24 bits per heavy atom. The topological polar surface area (TPSA) is 61.6 Å². The third-order valence-corrected chi connectivity index (χ3v) is 1.93. The van der Waals surface area contributed by atoms with Gasteiger partial charge in [-0.1, -0.05) is 18.7 Å². The number of benzene rings is 1. The molecule has 0 heterocycles. The van der Waals surface area contributed by atoms with Gasteiger partial charge >= 0.3 is 0 Å². The maximum Gasteiger partial charge on any atom is 0.235 e. The van der Waals surface area contributed by atoms with Crippen molar-refractivity contribution in [2.24, 2.45) is 0 Å². The molecular weight excluding hydrogens is 222 g/mol. The van der Waals surface area contributed by atoms with Gasteiger partial charge in [0, 0.05) is 6.08 Å². The number of methoxy groups -OCH3 is 1. The van der Waals surface area contributed by atoms with E-state index in [-0.39, 0.29) is 0 Å². The Kier molecular flexibility index (Phi) is 4.75. The lowest BCUT2D eigenvalue weighted by atomic mass is 10.2. The summed E-state index contributed by atoms with van der Waals surface area (Å²) in [5.41, 5.74) is 0.671. The van der Waals surface area contributed by atoms with E-state index in [1.807, 2.05) is 0 Å². The van der Waals surface area contributed by atoms with Crippen molar-refractivity contribution in [2.45, 2.75) is 0 Å². The highest BCUT2D eigenvalue weighted by Crippen LogP contribution is 2.28. The van der Waals surface area contributed by atoms with Gasteiger partial charge in [-0.05, 0) is 17.7 Å². The third kappa shape index (κ3) is 3.98. The van der Waals surface area contributed by atoms with Gasteiger partial charge in [0.25, 0.3) is 0 Å². The fraction of sp³-hybridized carbons (Fsp3) is 0.167. The van der Waals surface area contributed by atoms with Gasteiger partial charge in [0.1, 0.15) is 6.61 Å². The van der Waals surface area contributed by atoms with Crippen LogP contribution in [0.25, 0.3) is 6.08 Å². The lowest BCUT2D eigenvalue weighted by molar-refractivity contribution is -0.400. The van der Waals surface area contributed by atoms with E-state index in [1.165, 1.54) is 13.2 Å². The molecule has 0 spiro atoms. The van der Waals surface area contributed by atoms with Gasteiger partial charge < -0.3 is 9.47 Å². The fourth-order valence-corrected chi connectivity index (χ4v) is 1.20. The second-order valence-corrected chi connectivity index (χ2v) is 3.11. The number of hydrogen-bond donors (Lipinski definition) is 0. The Balaban J connectivity index is 2.91. The first kappa shape index (κ1) is 12.8. The minimum Gasteiger partial charge on any atom is -0.493 e. The molecule has 0 aliphatic heterocycles. The molecule has 5 nitrogen and oxygen atoms in total. The van der Waals surface area contributed by atoms with E-state index in [9.17, 15) is 10.1 Å². The van der Waals surface area contributed by atoms with Crippen molar-refractivity contribution in [1.82, 2.24) is 0 Å². The summed E-state index contributed by atoms with van der Waals surface area (Å²) >= 11 is 0. The minimum atomic E-state index is -0.519. The third-order valence-electron chi connectivity index (χ3n) is 1.93. The van der Waals surface area contributed by atoms with Gasteiger partial charge in [-0.25, -0.2) is 0 Å². The van der Waals surface area contributed by atoms with Gasteiger partial charge in [-0.3, -0.25) is 10.1 Å². The van der Waals surface area contributed by atoms with E-state index >= 15 is 0 Å². The highest BCUT2D eigenvalue weighted by molar-refractivity contribution is 5.55. The summed E-state index contributed by atoms with van der Waals surface area (Å²) in [5.74, 6) is 1.10. The van der Waals surface area contributed by atoms with E-state index in [4.69, 9.17) is 9.47 Å². The standard InChI is InChI=1S/C12H13NO4/c1-3-8-17-11-5-4-10(6-7-13(14)15)9-12(11)16-2/h3-7,9H,1,8H2,2H3/b7-6-. The van der Waals surface area contributed by atoms with Gasteiger partial charge in [0.2, 0.25) is 6.20 Å². The molecular formula is C12H13NO4. The van der Waals surface area contributed by atoms with Gasteiger partial charge in [0.15, 0.2) is 11.5 Å². The highest BCUT2D eigenvalue weighted by atomic mass is 16.6. The minimum absolute atomic E-state index is 0.375. The van der Waals surface area contributed by atoms with Crippen molar-refractivity contribution in [3.8, 4) is 11.5 Å². The number of nitrogens with zero attached hydrogens (tertiary/aromatic N) is 1. The molecule has 0 bridgehead atoms. The molecule has 0 radical (unpaired) electrons. The monoisotopic (exact) mass is 235 g/mol. The molecule has 0 fully saturated rings. The smallest absolute Gasteiger partial charge is 0.235 e. The van der Waals surface area contributed by atoms with Crippen LogP contribution in [-0.4, -0.2) is 18.6 Å². The second kappa shape index (κ2) is 6.32. The molecule has 17 heavy (non-hydrogen) atoms. The molecule has 1 aromatic carbocycles. The van der Waals surface area contributed by atoms with Crippen LogP contribution in [0.3, 0.4) is 0 Å². The molecule has 0 saturated carbocycles. The average Bonchev–Trinajstić information content (AvgIpc) is 2.34. The van der Waals surface area contributed by atoms with E-state index in [2.05, 4.69) is 6.58 Å². The van der Waals surface area contributed by atoms with Crippen LogP contribution in [0.1, 0.15) is 5.56 Å². The maximum absolute atomic E-state index is 10.2. The van der Waals surface area contributed by atoms with Crippen molar-refractivity contribution < 1.29 is 14.4 Å². The largest absolute Gasteiger partial charge is 0.493 e. The predicted octanol–water partition coefficient (Wildman–Crippen LogP) is 2.51. The van der Waals surface area contributed by atoms with Crippen molar-refractivity contribution >= 4 is 6.08 Å². The Labute approximate surface area is 99.1 Å². The quantitative estimate of drug-likeness (QED) is 0.432. The van der Waals surface area contributed by atoms with Crippen molar-refractivity contribution in [1.29, 1.82) is 0 Å². The molecule has 0 atom stereocenters. The normalized spacial score (nSPS) is 10.2. The van der Waals surface area contributed by atoms with E-state index in [0.717, 1.165) is 6.20 Å². The highest BCUT2D eigenvalue weighted by Gasteiger charge is 2.04. The summed E-state index contributed by atoms with van der Waals surface area (Å²) < 4.78 is 10.5. The van der Waals surface area contributed by atoms with Crippen LogP contribution in [0.5, 0.6) is 11.5 Å². The first-order valence-electron chi connectivity index (χ1n) is 4.91. The predicted molar refractivity (Wildman–Crippen MR) is 64.7 cm³/mol. The first-order chi connectivity index (χ1) is 8.17. The van der Waals surface area contributed by atoms with Crippen LogP contribution in [-0.2, 0) is 0 Å². The van der Waals surface area contributed by atoms with Crippen LogP contribution < -0.4 is 9.47 Å². The Bertz CT molecular complexity index is 440. The SMILES string of the molecule is C=CCOc1ccc(/C=C\[N+](=O)[O-])cc1OC. The maximum atomic E-state index is 10.2. The summed E-state index contributed by atoms with van der Waals surface area (Å²) in [5, 5.41) is 10.2. The summed E-state index contributed by atoms with van der Waals surface area (Å²) in [6.45, 7) is 3.92. The van der Waals surface area contributed by atoms with Crippen molar-refractivity contribution in [3.05, 3.63) is 52.7 Å². The number of hydrogen-bond acceptors (Lipinski definition) is 4. The molecule has 1 rings (SSSR count). The average molecular weight is 235 g/mol. The Hall–Kier alpha value is -2.30. The molecule has 0 saturated heterocycles. The Morgan fingerprint density at radius 3 is 2.82 bits per heavy atom. The number of nitro groups is 1. The first-order valence-corrected chi connectivity index (χ1v) is 4.91. The Morgan fingerprint density at radius 1 is 1.47 bits per heavy atom. The van der Waals surface area contributed by atoms with Crippen LogP contribution >= 0.6 is 0 Å². The zero-order chi connectivity index (χ0) is 12.7. The molecule has 0 aliphatic rings. The van der Waals surface area contributed by atoms with E-state index in [1.54, 1.807) is 24.3 Å². The van der Waals surface area contributed by atoms with E-state index < -0.39 is 4.92 Å². The molecule has 0 aromatic heterocycles. The van der Waals surface area contributed by atoms with Crippen LogP contribution in [0, 0.1) is 10.1 Å². The van der Waals surface area contributed by atoms with Gasteiger partial charge in [-0.2, -0.15) is 0 Å². The molecule has 0 amide bonds. The lowest BCUT2D eigenvalue weighted by Crippen LogP contribution is -1.96. The summed E-state index contributed by atoms with van der Waals surface area (Å²) in [6, 6.07) is 5.07. The van der Waals surface area contributed by atoms with E-state index in [0.29, 0.717) is 23.7 Å². The van der Waals surface area contributed by atoms with Crippen LogP contribution in [0.2, 0.25) is 0 Å². The lowest BCUT2D eigenvalue weighted by Gasteiger charge is -2.09. The molecule has 5 heteroatoms. The summed E-state index contributed by atoms with van der Waals surface area (Å²) in [7, 11) is 1.51. The van der Waals surface area contributed by atoms with Crippen molar-refractivity contribution in [3.63, 3.8) is 0 Å². The van der Waals surface area contributed by atoms with Crippen LogP contribution in [0.15, 0.2) is 37.1 Å². The summed E-state index contributed by atoms with van der Waals surface area (Å²) in [6.07, 6.45) is 3.89. The zero-order valence-electron chi connectivity index (χ0n) is 9.46. The molecule has 0 aliphatic carbocycles. The fourth-order valence-electron chi connectivity index (χ4n) is 1.20. The van der Waals surface area contributed by atoms with Crippen LogP contribution in [0.4, 0.5) is 0 Å².